The van der Waals surface area contributed by atoms with Crippen molar-refractivity contribution in [3.63, 3.8) is 0 Å². The van der Waals surface area contributed by atoms with Gasteiger partial charge in [0.05, 0.1) is 11.7 Å². The van der Waals surface area contributed by atoms with E-state index in [1.54, 1.807) is 26.8 Å². The Morgan fingerprint density at radius 1 is 0.821 bits per heavy atom. The Balaban J connectivity index is 0.000000248. The largest absolute Gasteiger partial charge is 0.481 e. The number of fused-ring (bicyclic) bond motifs is 5. The average molecular weight is 970 g/mol. The summed E-state index contributed by atoms with van der Waals surface area (Å²) in [7, 11) is -4.67. The van der Waals surface area contributed by atoms with Gasteiger partial charge in [-0.3, -0.25) is 18.8 Å². The maximum Gasteiger partial charge on any atom is 0.394 e. The molecule has 4 saturated carbocycles. The minimum absolute atomic E-state index is 0.0606. The van der Waals surface area contributed by atoms with Crippen LogP contribution in [-0.2, 0) is 29.5 Å². The van der Waals surface area contributed by atoms with Crippen LogP contribution in [0.1, 0.15) is 176 Å². The number of hydrogen-bond donors (Lipinski definition) is 9. The van der Waals surface area contributed by atoms with Crippen molar-refractivity contribution >= 4 is 22.3 Å². The second kappa shape index (κ2) is 20.6. The molecule has 8 aliphatic rings. The molecule has 0 aromatic carbocycles. The minimum Gasteiger partial charge on any atom is -0.481 e. The molecule has 0 aromatic heterocycles. The molecule has 0 radical (unpaired) electrons. The first kappa shape index (κ1) is 54.3. The molecule has 15 unspecified atom stereocenters. The Kier molecular flexibility index (Phi) is 16.7. The van der Waals surface area contributed by atoms with E-state index in [0.717, 1.165) is 25.2 Å². The van der Waals surface area contributed by atoms with Gasteiger partial charge in [0.25, 0.3) is 0 Å². The molecule has 3 heterocycles. The predicted octanol–water partition coefficient (Wildman–Crippen LogP) is 6.06. The molecule has 1 spiro atoms. The number of piperidine rings is 2. The summed E-state index contributed by atoms with van der Waals surface area (Å²) in [5.74, 6) is -3.81. The van der Waals surface area contributed by atoms with Crippen molar-refractivity contribution in [1.29, 1.82) is 0 Å². The second-order valence-electron chi connectivity index (χ2n) is 22.4. The van der Waals surface area contributed by atoms with Gasteiger partial charge >= 0.3 is 22.3 Å². The molecule has 0 aromatic rings. The molecule has 384 valence electrons. The molecule has 4 bridgehead atoms. The number of esters is 1. The topological polar surface area (TPSA) is 272 Å². The van der Waals surface area contributed by atoms with Crippen LogP contribution in [0, 0.1) is 35.0 Å². The van der Waals surface area contributed by atoms with Crippen LogP contribution in [-0.4, -0.2) is 135 Å². The normalized spacial score (nSPS) is 43.9. The fraction of sp³-hybridized carbons (Fsp3) is 0.880. The first-order chi connectivity index (χ1) is 31.2. The number of carboxylic acid groups (broad SMARTS) is 1. The number of ether oxygens (including phenoxy) is 2. The zero-order valence-electron chi connectivity index (χ0n) is 40.7. The van der Waals surface area contributed by atoms with E-state index in [1.807, 2.05) is 6.92 Å². The van der Waals surface area contributed by atoms with E-state index in [0.29, 0.717) is 56.6 Å². The number of aliphatic carboxylic acids is 1. The number of hydrogen-bond acceptors (Lipinski definition) is 13. The summed E-state index contributed by atoms with van der Waals surface area (Å²) in [6.45, 7) is 10.1. The standard InChI is InChI=1S/C32H49NO9.C18H32O2.H2O4S/c1-6-18(3)25(35)41-24-11-12-26(4)19-8-9-20-28(37)13-23(34)31(39)21(29(28,38)16-30(20,26)42-32(19,24)40)15-33-14-17(2)7-10-22(33)27(31,5)36;19-18(20)16-10-8-6-4-2-1-3-5-7-9-13-17-14-11-12-15-17;1-5(2,3)4/h6,17,19-24,34,36-40H,7-16H2,1-5H3;11,14,17H,1-10,12-13,15-16H2,(H,19,20);(H2,1,2,3,4). The summed E-state index contributed by atoms with van der Waals surface area (Å²) in [6.07, 6.45) is 24.2. The Morgan fingerprint density at radius 2 is 1.42 bits per heavy atom. The fourth-order valence-electron chi connectivity index (χ4n) is 14.8. The van der Waals surface area contributed by atoms with Crippen molar-refractivity contribution in [2.75, 3.05) is 13.1 Å². The van der Waals surface area contributed by atoms with Crippen molar-refractivity contribution in [2.45, 2.75) is 228 Å². The number of carbonyl (C=O) groups is 2. The van der Waals surface area contributed by atoms with Crippen LogP contribution in [0.15, 0.2) is 23.8 Å². The minimum atomic E-state index is -4.67. The number of aliphatic hydroxyl groups is 6. The first-order valence-corrected chi connectivity index (χ1v) is 26.8. The Bertz CT molecular complexity index is 1920. The zero-order chi connectivity index (χ0) is 49.4. The third-order valence-corrected chi connectivity index (χ3v) is 18.4. The van der Waals surface area contributed by atoms with E-state index in [-0.39, 0.29) is 25.4 Å². The highest BCUT2D eigenvalue weighted by Gasteiger charge is 2.88. The van der Waals surface area contributed by atoms with Gasteiger partial charge in [0, 0.05) is 67.1 Å². The third-order valence-electron chi connectivity index (χ3n) is 18.4. The highest BCUT2D eigenvalue weighted by atomic mass is 32.3. The van der Waals surface area contributed by atoms with Gasteiger partial charge in [-0.2, -0.15) is 8.42 Å². The van der Waals surface area contributed by atoms with Gasteiger partial charge in [0.1, 0.15) is 22.4 Å². The molecule has 5 aliphatic carbocycles. The molecular formula is C50H83NO15S. The fourth-order valence-corrected chi connectivity index (χ4v) is 14.8. The van der Waals surface area contributed by atoms with Gasteiger partial charge in [-0.15, -0.1) is 0 Å². The van der Waals surface area contributed by atoms with Crippen molar-refractivity contribution < 1.29 is 72.3 Å². The molecule has 3 saturated heterocycles. The van der Waals surface area contributed by atoms with Crippen LogP contribution in [0.4, 0.5) is 0 Å². The SMILES string of the molecule is CC=C(C)C(=O)OC1CCC2(C)C3CCC4C5(O)CC(O)C6(O)C(CN7CC(C)CCC7C6(C)O)C5(O)CC42OC13O.O=C(O)CCCCCCCCCCCCC1C=CCC1.O=S(=O)(O)O. The van der Waals surface area contributed by atoms with Crippen LogP contribution in [0.5, 0.6) is 0 Å². The van der Waals surface area contributed by atoms with E-state index in [1.165, 1.54) is 70.6 Å². The van der Waals surface area contributed by atoms with E-state index < -0.39 is 91.5 Å². The van der Waals surface area contributed by atoms with E-state index in [9.17, 15) is 40.2 Å². The third kappa shape index (κ3) is 10.1. The zero-order valence-corrected chi connectivity index (χ0v) is 41.5. The van der Waals surface area contributed by atoms with Crippen molar-refractivity contribution in [1.82, 2.24) is 4.90 Å². The summed E-state index contributed by atoms with van der Waals surface area (Å²) in [6, 6.07) is -0.387. The average Bonchev–Trinajstić information content (AvgIpc) is 3.82. The smallest absolute Gasteiger partial charge is 0.394 e. The van der Waals surface area contributed by atoms with Crippen molar-refractivity contribution in [2.24, 2.45) is 35.0 Å². The highest BCUT2D eigenvalue weighted by molar-refractivity contribution is 7.79. The predicted molar refractivity (Wildman–Crippen MR) is 249 cm³/mol. The highest BCUT2D eigenvalue weighted by Crippen LogP contribution is 2.78. The maximum atomic E-state index is 12.9. The molecule has 15 atom stereocenters. The first-order valence-electron chi connectivity index (χ1n) is 25.4. The molecule has 3 aliphatic heterocycles. The quantitative estimate of drug-likeness (QED) is 0.0297. The lowest BCUT2D eigenvalue weighted by Gasteiger charge is -2.68. The van der Waals surface area contributed by atoms with Crippen molar-refractivity contribution in [3.05, 3.63) is 23.8 Å². The molecule has 0 amide bonds. The lowest BCUT2D eigenvalue weighted by molar-refractivity contribution is -0.354. The Morgan fingerprint density at radius 3 is 2.00 bits per heavy atom. The van der Waals surface area contributed by atoms with Crippen LogP contribution in [0.25, 0.3) is 0 Å². The van der Waals surface area contributed by atoms with Gasteiger partial charge in [-0.05, 0) is 96.8 Å². The number of carboxylic acids is 1. The lowest BCUT2D eigenvalue weighted by Crippen LogP contribution is -2.85. The van der Waals surface area contributed by atoms with Gasteiger partial charge in [-0.25, -0.2) is 4.79 Å². The molecular weight excluding hydrogens is 887 g/mol. The van der Waals surface area contributed by atoms with Crippen LogP contribution in [0.2, 0.25) is 0 Å². The van der Waals surface area contributed by atoms with Crippen LogP contribution >= 0.6 is 0 Å². The molecule has 9 N–H and O–H groups in total. The molecule has 67 heavy (non-hydrogen) atoms. The molecule has 16 nitrogen and oxygen atoms in total. The van der Waals surface area contributed by atoms with Gasteiger partial charge < -0.3 is 45.2 Å². The Labute approximate surface area is 398 Å². The van der Waals surface area contributed by atoms with Gasteiger partial charge in [0.15, 0.2) is 6.10 Å². The monoisotopic (exact) mass is 970 g/mol. The number of carbonyl (C=O) groups excluding carboxylic acids is 1. The van der Waals surface area contributed by atoms with E-state index in [2.05, 4.69) is 24.0 Å². The summed E-state index contributed by atoms with van der Waals surface area (Å²) in [5, 5.41) is 82.5. The second-order valence-corrected chi connectivity index (χ2v) is 23.2. The summed E-state index contributed by atoms with van der Waals surface area (Å²) in [5.41, 5.74) is -8.96. The molecule has 17 heteroatoms. The number of unbranched alkanes of at least 4 members (excludes halogenated alkanes) is 9. The number of aliphatic hydroxyl groups excluding tert-OH is 1. The summed E-state index contributed by atoms with van der Waals surface area (Å²) in [4.78, 5) is 25.2. The van der Waals surface area contributed by atoms with Crippen LogP contribution in [0.3, 0.4) is 0 Å². The summed E-state index contributed by atoms with van der Waals surface area (Å²) < 4.78 is 44.2. The molecule has 7 fully saturated rings. The van der Waals surface area contributed by atoms with Gasteiger partial charge in [-0.1, -0.05) is 89.9 Å². The van der Waals surface area contributed by atoms with Crippen molar-refractivity contribution in [3.8, 4) is 0 Å². The number of rotatable bonds is 15. The van der Waals surface area contributed by atoms with Crippen LogP contribution < -0.4 is 0 Å². The lowest BCUT2D eigenvalue weighted by atomic mass is 9.49. The number of allylic oxidation sites excluding steroid dienone is 3. The molecule has 8 rings (SSSR count). The number of nitrogens with zero attached hydrogens (tertiary/aromatic N) is 1. The maximum absolute atomic E-state index is 12.9. The van der Waals surface area contributed by atoms with E-state index >= 15 is 0 Å². The Hall–Kier alpha value is -2.03. The van der Waals surface area contributed by atoms with E-state index in [4.69, 9.17) is 32.1 Å². The summed E-state index contributed by atoms with van der Waals surface area (Å²) >= 11 is 0. The van der Waals surface area contributed by atoms with Gasteiger partial charge in [0.2, 0.25) is 5.79 Å².